The highest BCUT2D eigenvalue weighted by atomic mass is 19.1. The third-order valence-electron chi connectivity index (χ3n) is 3.76. The van der Waals surface area contributed by atoms with E-state index in [1.807, 2.05) is 0 Å². The summed E-state index contributed by atoms with van der Waals surface area (Å²) in [6, 6.07) is 0.809. The molecule has 0 spiro atoms. The van der Waals surface area contributed by atoms with Crippen LogP contribution in [0, 0.1) is 23.4 Å². The standard InChI is InChI=1S/C14H17F3N2O/c15-9-5-10(16)13(11(17)6-9)14(20)19-12-4-2-1-3-8(12)7-18/h5-6,8,12H,1-4,7,18H2,(H,19,20). The van der Waals surface area contributed by atoms with Crippen molar-refractivity contribution in [2.24, 2.45) is 11.7 Å². The molecular formula is C14H17F3N2O. The molecule has 1 aromatic carbocycles. The molecular weight excluding hydrogens is 269 g/mol. The van der Waals surface area contributed by atoms with Crippen molar-refractivity contribution in [1.82, 2.24) is 5.32 Å². The summed E-state index contributed by atoms with van der Waals surface area (Å²) in [4.78, 5) is 12.0. The highest BCUT2D eigenvalue weighted by Gasteiger charge is 2.28. The second-order valence-corrected chi connectivity index (χ2v) is 5.10. The Hall–Kier alpha value is -1.56. The first-order valence-corrected chi connectivity index (χ1v) is 6.68. The Kier molecular flexibility index (Phi) is 4.65. The van der Waals surface area contributed by atoms with Gasteiger partial charge in [-0.25, -0.2) is 13.2 Å². The Morgan fingerprint density at radius 1 is 1.20 bits per heavy atom. The second-order valence-electron chi connectivity index (χ2n) is 5.10. The third-order valence-corrected chi connectivity index (χ3v) is 3.76. The first-order valence-electron chi connectivity index (χ1n) is 6.68. The average molecular weight is 286 g/mol. The van der Waals surface area contributed by atoms with Gasteiger partial charge >= 0.3 is 0 Å². The van der Waals surface area contributed by atoms with Crippen molar-refractivity contribution in [2.45, 2.75) is 31.7 Å². The fourth-order valence-electron chi connectivity index (χ4n) is 2.68. The van der Waals surface area contributed by atoms with Gasteiger partial charge in [0, 0.05) is 18.2 Å². The molecule has 110 valence electrons. The van der Waals surface area contributed by atoms with Crippen molar-refractivity contribution in [2.75, 3.05) is 6.54 Å². The molecule has 20 heavy (non-hydrogen) atoms. The number of nitrogens with one attached hydrogen (secondary N) is 1. The number of rotatable bonds is 3. The van der Waals surface area contributed by atoms with Crippen LogP contribution >= 0.6 is 0 Å². The van der Waals surface area contributed by atoms with Crippen molar-refractivity contribution in [1.29, 1.82) is 0 Å². The number of nitrogens with two attached hydrogens (primary N) is 1. The van der Waals surface area contributed by atoms with Crippen molar-refractivity contribution in [3.05, 3.63) is 35.1 Å². The number of amides is 1. The molecule has 0 heterocycles. The van der Waals surface area contributed by atoms with Crippen LogP contribution in [0.15, 0.2) is 12.1 Å². The van der Waals surface area contributed by atoms with Crippen LogP contribution in [0.4, 0.5) is 13.2 Å². The van der Waals surface area contributed by atoms with Gasteiger partial charge in [0.2, 0.25) is 0 Å². The molecule has 1 aromatic rings. The van der Waals surface area contributed by atoms with E-state index in [1.54, 1.807) is 0 Å². The quantitative estimate of drug-likeness (QED) is 0.896. The normalized spacial score (nSPS) is 22.6. The maximum atomic E-state index is 13.5. The van der Waals surface area contributed by atoms with Crippen molar-refractivity contribution < 1.29 is 18.0 Å². The fraction of sp³-hybridized carbons (Fsp3) is 0.500. The minimum atomic E-state index is -1.19. The Balaban J connectivity index is 2.16. The molecule has 1 aliphatic carbocycles. The molecule has 2 atom stereocenters. The summed E-state index contributed by atoms with van der Waals surface area (Å²) in [5.74, 6) is -4.18. The van der Waals surface area contributed by atoms with Gasteiger partial charge < -0.3 is 11.1 Å². The zero-order chi connectivity index (χ0) is 14.7. The van der Waals surface area contributed by atoms with E-state index in [0.29, 0.717) is 18.7 Å². The SMILES string of the molecule is NCC1CCCCC1NC(=O)c1c(F)cc(F)cc1F. The maximum Gasteiger partial charge on any atom is 0.257 e. The monoisotopic (exact) mass is 286 g/mol. The van der Waals surface area contributed by atoms with Crippen LogP contribution in [-0.2, 0) is 0 Å². The molecule has 0 aliphatic heterocycles. The molecule has 1 fully saturated rings. The lowest BCUT2D eigenvalue weighted by atomic mass is 9.84. The summed E-state index contributed by atoms with van der Waals surface area (Å²) < 4.78 is 39.9. The fourth-order valence-corrected chi connectivity index (χ4v) is 2.68. The number of benzene rings is 1. The molecule has 2 unspecified atom stereocenters. The molecule has 2 rings (SSSR count). The summed E-state index contributed by atoms with van der Waals surface area (Å²) in [5.41, 5.74) is 4.90. The summed E-state index contributed by atoms with van der Waals surface area (Å²) >= 11 is 0. The van der Waals surface area contributed by atoms with Crippen LogP contribution in [0.1, 0.15) is 36.0 Å². The zero-order valence-corrected chi connectivity index (χ0v) is 11.0. The van der Waals surface area contributed by atoms with E-state index in [9.17, 15) is 18.0 Å². The number of carbonyl (C=O) groups excluding carboxylic acids is 1. The van der Waals surface area contributed by atoms with E-state index in [4.69, 9.17) is 5.73 Å². The van der Waals surface area contributed by atoms with E-state index in [0.717, 1.165) is 25.7 Å². The van der Waals surface area contributed by atoms with Crippen LogP contribution in [0.5, 0.6) is 0 Å². The van der Waals surface area contributed by atoms with Gasteiger partial charge in [-0.05, 0) is 25.3 Å². The molecule has 3 N–H and O–H groups in total. The van der Waals surface area contributed by atoms with Gasteiger partial charge in [0.15, 0.2) is 0 Å². The summed E-state index contributed by atoms with van der Waals surface area (Å²) in [6.45, 7) is 0.416. The van der Waals surface area contributed by atoms with Gasteiger partial charge in [-0.2, -0.15) is 0 Å². The summed E-state index contributed by atoms with van der Waals surface area (Å²) in [5, 5.41) is 2.62. The van der Waals surface area contributed by atoms with Crippen molar-refractivity contribution >= 4 is 5.91 Å². The molecule has 1 amide bonds. The predicted octanol–water partition coefficient (Wildman–Crippen LogP) is 2.35. The van der Waals surface area contributed by atoms with E-state index in [-0.39, 0.29) is 12.0 Å². The van der Waals surface area contributed by atoms with Crippen LogP contribution in [0.25, 0.3) is 0 Å². The summed E-state index contributed by atoms with van der Waals surface area (Å²) in [7, 11) is 0. The highest BCUT2D eigenvalue weighted by molar-refractivity contribution is 5.95. The van der Waals surface area contributed by atoms with Gasteiger partial charge in [-0.1, -0.05) is 12.8 Å². The first kappa shape index (κ1) is 14.8. The minimum absolute atomic E-state index is 0.110. The van der Waals surface area contributed by atoms with E-state index >= 15 is 0 Å². The Morgan fingerprint density at radius 2 is 1.80 bits per heavy atom. The van der Waals surface area contributed by atoms with Gasteiger partial charge in [0.25, 0.3) is 5.91 Å². The minimum Gasteiger partial charge on any atom is -0.349 e. The van der Waals surface area contributed by atoms with Crippen molar-refractivity contribution in [3.8, 4) is 0 Å². The lowest BCUT2D eigenvalue weighted by Crippen LogP contribution is -2.45. The molecule has 0 radical (unpaired) electrons. The molecule has 3 nitrogen and oxygen atoms in total. The van der Waals surface area contributed by atoms with Gasteiger partial charge in [-0.15, -0.1) is 0 Å². The number of halogens is 3. The lowest BCUT2D eigenvalue weighted by Gasteiger charge is -2.31. The number of carbonyl (C=O) groups is 1. The molecule has 0 saturated heterocycles. The molecule has 0 aromatic heterocycles. The van der Waals surface area contributed by atoms with E-state index in [2.05, 4.69) is 5.32 Å². The van der Waals surface area contributed by atoms with Gasteiger partial charge in [0.05, 0.1) is 0 Å². The number of hydrogen-bond acceptors (Lipinski definition) is 2. The smallest absolute Gasteiger partial charge is 0.257 e. The van der Waals surface area contributed by atoms with E-state index in [1.165, 1.54) is 0 Å². The van der Waals surface area contributed by atoms with Crippen molar-refractivity contribution in [3.63, 3.8) is 0 Å². The molecule has 6 heteroatoms. The average Bonchev–Trinajstić information content (AvgIpc) is 2.38. The second kappa shape index (κ2) is 6.26. The van der Waals surface area contributed by atoms with Gasteiger partial charge in [-0.3, -0.25) is 4.79 Å². The van der Waals surface area contributed by atoms with Crippen LogP contribution in [0.2, 0.25) is 0 Å². The Bertz CT molecular complexity index is 484. The molecule has 1 aliphatic rings. The topological polar surface area (TPSA) is 55.1 Å². The molecule has 1 saturated carbocycles. The van der Waals surface area contributed by atoms with Gasteiger partial charge in [0.1, 0.15) is 23.0 Å². The van der Waals surface area contributed by atoms with Crippen LogP contribution < -0.4 is 11.1 Å². The molecule has 0 bridgehead atoms. The third kappa shape index (κ3) is 3.12. The zero-order valence-electron chi connectivity index (χ0n) is 11.0. The number of hydrogen-bond donors (Lipinski definition) is 2. The Morgan fingerprint density at radius 3 is 2.40 bits per heavy atom. The first-order chi connectivity index (χ1) is 9.52. The lowest BCUT2D eigenvalue weighted by molar-refractivity contribution is 0.0899. The highest BCUT2D eigenvalue weighted by Crippen LogP contribution is 2.24. The largest absolute Gasteiger partial charge is 0.349 e. The van der Waals surface area contributed by atoms with Crippen LogP contribution in [0.3, 0.4) is 0 Å². The Labute approximate surface area is 115 Å². The van der Waals surface area contributed by atoms with Crippen LogP contribution in [-0.4, -0.2) is 18.5 Å². The van der Waals surface area contributed by atoms with E-state index < -0.39 is 28.9 Å². The predicted molar refractivity (Wildman–Crippen MR) is 68.6 cm³/mol. The summed E-state index contributed by atoms with van der Waals surface area (Å²) in [6.07, 6.45) is 3.59. The maximum absolute atomic E-state index is 13.5.